The van der Waals surface area contributed by atoms with Crippen molar-refractivity contribution in [2.75, 3.05) is 6.61 Å². The first kappa shape index (κ1) is 26.1. The topological polar surface area (TPSA) is 102 Å². The Kier molecular flexibility index (Phi) is 10.7. The van der Waals surface area contributed by atoms with Crippen molar-refractivity contribution in [2.45, 2.75) is 62.7 Å². The normalized spacial score (nSPS) is 23.5. The Hall–Kier alpha value is 0.0400. The van der Waals surface area contributed by atoms with Crippen molar-refractivity contribution in [2.24, 2.45) is 0 Å². The number of amides is 1. The van der Waals surface area contributed by atoms with Crippen molar-refractivity contribution in [1.82, 2.24) is 5.32 Å². The largest absolute Gasteiger partial charge is 0.479 e. The van der Waals surface area contributed by atoms with Crippen LogP contribution in [0.3, 0.4) is 0 Å². The Morgan fingerprint density at radius 1 is 1.29 bits per heavy atom. The molecule has 2 N–H and O–H groups in total. The predicted octanol–water partition coefficient (Wildman–Crippen LogP) is 4.26. The molecule has 1 aliphatic rings. The molecule has 0 saturated heterocycles. The summed E-state index contributed by atoms with van der Waals surface area (Å²) in [6, 6.07) is 0. The highest BCUT2D eigenvalue weighted by Gasteiger charge is 2.55. The van der Waals surface area contributed by atoms with Crippen LogP contribution >= 0.6 is 67.8 Å². The number of rotatable bonds is 9. The number of aliphatic carboxylic acids is 1. The Morgan fingerprint density at radius 2 is 1.89 bits per heavy atom. The van der Waals surface area contributed by atoms with E-state index < -0.39 is 33.6 Å². The first-order valence-corrected chi connectivity index (χ1v) is 12.2. The maximum Gasteiger partial charge on any atom is 0.338 e. The zero-order valence-corrected chi connectivity index (χ0v) is 22.6. The van der Waals surface area contributed by atoms with E-state index in [2.05, 4.69) is 12.2 Å². The molecular weight excluding hydrogens is 707 g/mol. The van der Waals surface area contributed by atoms with Crippen molar-refractivity contribution >= 4 is 85.6 Å². The van der Waals surface area contributed by atoms with Gasteiger partial charge in [-0.25, -0.2) is 9.59 Å². The van der Waals surface area contributed by atoms with Crippen LogP contribution < -0.4 is 5.32 Å². The number of carboxylic acid groups (broad SMARTS) is 1. The van der Waals surface area contributed by atoms with E-state index in [4.69, 9.17) is 9.47 Å². The molecule has 0 aromatic heterocycles. The van der Waals surface area contributed by atoms with Crippen molar-refractivity contribution in [1.29, 1.82) is 0 Å². The van der Waals surface area contributed by atoms with Crippen LogP contribution in [0.1, 0.15) is 47.0 Å². The molecule has 1 amide bonds. The molecule has 0 radical (unpaired) electrons. The number of ether oxygens (including phenoxy) is 2. The number of esters is 1. The van der Waals surface area contributed by atoms with E-state index in [1.165, 1.54) is 6.92 Å². The SMILES string of the molecule is CCCCCOC(C)OC(=O)C1=C(I)C(C)=C(I)C(NC(C)=O)(C(=O)O)C1I. The molecule has 0 spiro atoms. The second-order valence-electron chi connectivity index (χ2n) is 6.37. The summed E-state index contributed by atoms with van der Waals surface area (Å²) in [5.41, 5.74) is -0.904. The zero-order chi connectivity index (χ0) is 21.6. The van der Waals surface area contributed by atoms with Gasteiger partial charge in [0.15, 0.2) is 11.8 Å². The summed E-state index contributed by atoms with van der Waals surface area (Å²) in [5, 5.41) is 12.5. The monoisotopic (exact) mass is 731 g/mol. The predicted molar refractivity (Wildman–Crippen MR) is 131 cm³/mol. The zero-order valence-electron chi connectivity index (χ0n) is 16.1. The van der Waals surface area contributed by atoms with Crippen molar-refractivity contribution in [3.8, 4) is 0 Å². The molecule has 0 saturated carbocycles. The Balaban J connectivity index is 3.18. The molecule has 7 nitrogen and oxygen atoms in total. The highest BCUT2D eigenvalue weighted by Crippen LogP contribution is 2.47. The van der Waals surface area contributed by atoms with Gasteiger partial charge in [-0.1, -0.05) is 42.4 Å². The maximum atomic E-state index is 12.9. The Morgan fingerprint density at radius 3 is 2.39 bits per heavy atom. The summed E-state index contributed by atoms with van der Waals surface area (Å²) < 4.78 is 11.2. The fourth-order valence-corrected chi connectivity index (χ4v) is 7.48. The van der Waals surface area contributed by atoms with Crippen LogP contribution in [0.2, 0.25) is 0 Å². The number of carbonyl (C=O) groups is 3. The lowest BCUT2D eigenvalue weighted by atomic mass is 9.83. The van der Waals surface area contributed by atoms with Gasteiger partial charge in [0.25, 0.3) is 0 Å². The highest BCUT2D eigenvalue weighted by molar-refractivity contribution is 14.1. The summed E-state index contributed by atoms with van der Waals surface area (Å²) >= 11 is 5.83. The molecule has 1 rings (SSSR count). The average Bonchev–Trinajstić information content (AvgIpc) is 2.60. The minimum atomic E-state index is -1.73. The molecule has 28 heavy (non-hydrogen) atoms. The number of carbonyl (C=O) groups excluding carboxylic acids is 2. The lowest BCUT2D eigenvalue weighted by molar-refractivity contribution is -0.170. The van der Waals surface area contributed by atoms with Crippen molar-refractivity contribution in [3.63, 3.8) is 0 Å². The van der Waals surface area contributed by atoms with E-state index in [-0.39, 0.29) is 5.57 Å². The molecule has 10 heteroatoms. The van der Waals surface area contributed by atoms with Crippen molar-refractivity contribution < 1.29 is 29.0 Å². The fraction of sp³-hybridized carbons (Fsp3) is 0.611. The molecule has 0 aliphatic heterocycles. The van der Waals surface area contributed by atoms with Gasteiger partial charge in [0.05, 0.1) is 16.1 Å². The summed E-state index contributed by atoms with van der Waals surface area (Å²) in [7, 11) is 0. The molecule has 0 aromatic rings. The summed E-state index contributed by atoms with van der Waals surface area (Å²) in [6.07, 6.45) is 2.21. The van der Waals surface area contributed by atoms with Gasteiger partial charge in [0.2, 0.25) is 5.91 Å². The number of unbranched alkanes of at least 4 members (excludes halogenated alkanes) is 2. The van der Waals surface area contributed by atoms with Crippen LogP contribution in [0.4, 0.5) is 0 Å². The highest BCUT2D eigenvalue weighted by atomic mass is 127. The van der Waals surface area contributed by atoms with E-state index >= 15 is 0 Å². The van der Waals surface area contributed by atoms with Gasteiger partial charge >= 0.3 is 11.9 Å². The van der Waals surface area contributed by atoms with Gasteiger partial charge in [0, 0.05) is 14.1 Å². The molecule has 3 atom stereocenters. The molecule has 0 aromatic carbocycles. The summed E-state index contributed by atoms with van der Waals surface area (Å²) in [6.45, 7) is 7.17. The van der Waals surface area contributed by atoms with E-state index in [9.17, 15) is 19.5 Å². The van der Waals surface area contributed by atoms with Crippen LogP contribution in [0.5, 0.6) is 0 Å². The van der Waals surface area contributed by atoms with E-state index in [0.29, 0.717) is 19.3 Å². The molecule has 3 unspecified atom stereocenters. The molecule has 0 heterocycles. The number of halogens is 3. The summed E-state index contributed by atoms with van der Waals surface area (Å²) in [4.78, 5) is 36.9. The molecule has 1 aliphatic carbocycles. The van der Waals surface area contributed by atoms with Gasteiger partial charge < -0.3 is 19.9 Å². The molecule has 0 bridgehead atoms. The lowest BCUT2D eigenvalue weighted by Gasteiger charge is -2.39. The van der Waals surface area contributed by atoms with Crippen LogP contribution in [-0.2, 0) is 23.9 Å². The number of alkyl halides is 1. The van der Waals surface area contributed by atoms with Gasteiger partial charge in [0.1, 0.15) is 0 Å². The number of carboxylic acids is 1. The van der Waals surface area contributed by atoms with E-state index in [1.807, 2.05) is 67.8 Å². The van der Waals surface area contributed by atoms with Crippen LogP contribution in [-0.4, -0.2) is 45.3 Å². The lowest BCUT2D eigenvalue weighted by Crippen LogP contribution is -2.62. The second-order valence-corrected chi connectivity index (χ2v) is 9.78. The third kappa shape index (κ3) is 5.80. The Labute approximate surface area is 205 Å². The van der Waals surface area contributed by atoms with Crippen molar-refractivity contribution in [3.05, 3.63) is 18.3 Å². The first-order chi connectivity index (χ1) is 13.0. The smallest absolute Gasteiger partial charge is 0.338 e. The number of allylic oxidation sites excluding steroid dienone is 2. The second kappa shape index (κ2) is 11.4. The van der Waals surface area contributed by atoms with Gasteiger partial charge in [-0.05, 0) is 71.0 Å². The molecule has 158 valence electrons. The quantitative estimate of drug-likeness (QED) is 0.121. The number of nitrogens with one attached hydrogen (secondary N) is 1. The van der Waals surface area contributed by atoms with Crippen LogP contribution in [0.15, 0.2) is 18.3 Å². The van der Waals surface area contributed by atoms with Crippen LogP contribution in [0.25, 0.3) is 0 Å². The van der Waals surface area contributed by atoms with E-state index in [0.717, 1.165) is 19.3 Å². The average molecular weight is 731 g/mol. The number of hydrogen-bond acceptors (Lipinski definition) is 5. The maximum absolute atomic E-state index is 12.9. The van der Waals surface area contributed by atoms with E-state index in [1.54, 1.807) is 13.8 Å². The Bertz CT molecular complexity index is 705. The first-order valence-electron chi connectivity index (χ1n) is 8.76. The summed E-state index contributed by atoms with van der Waals surface area (Å²) in [5.74, 6) is -2.38. The van der Waals surface area contributed by atoms with Gasteiger partial charge in [-0.15, -0.1) is 0 Å². The van der Waals surface area contributed by atoms with Crippen LogP contribution in [0, 0.1) is 0 Å². The molecular formula is C18H24I3NO6. The fourth-order valence-electron chi connectivity index (χ4n) is 2.73. The van der Waals surface area contributed by atoms with Gasteiger partial charge in [-0.3, -0.25) is 4.79 Å². The minimum Gasteiger partial charge on any atom is -0.479 e. The number of hydrogen-bond donors (Lipinski definition) is 2. The third-order valence-electron chi connectivity index (χ3n) is 4.18. The minimum absolute atomic E-state index is 0.208. The molecule has 0 fully saturated rings. The standard InChI is InChI=1S/C18H24I3NO6/c1-5-6-7-8-27-11(4)28-16(24)12-13(19)9(2)14(20)18(15(12)21,17(25)26)22-10(3)23/h11,15H,5-8H2,1-4H3,(H,22,23)(H,25,26). The van der Waals surface area contributed by atoms with Gasteiger partial charge in [-0.2, -0.15) is 0 Å². The third-order valence-corrected chi connectivity index (χ3v) is 8.79.